The molecule has 40 heavy (non-hydrogen) atoms. The first kappa shape index (κ1) is 31.8. The van der Waals surface area contributed by atoms with Crippen LogP contribution in [-0.2, 0) is 22.4 Å². The van der Waals surface area contributed by atoms with Crippen molar-refractivity contribution >= 4 is 11.9 Å². The number of amides is 1. The lowest BCUT2D eigenvalue weighted by Crippen LogP contribution is -2.51. The van der Waals surface area contributed by atoms with E-state index in [0.717, 1.165) is 37.9 Å². The van der Waals surface area contributed by atoms with Gasteiger partial charge in [-0.05, 0) is 96.5 Å². The molecule has 0 aromatic heterocycles. The maximum Gasteiger partial charge on any atom is 0.317 e. The summed E-state index contributed by atoms with van der Waals surface area (Å²) in [4.78, 5) is 29.4. The summed E-state index contributed by atoms with van der Waals surface area (Å²) in [6.07, 6.45) is 4.33. The summed E-state index contributed by atoms with van der Waals surface area (Å²) in [5.41, 5.74) is 6.15. The Morgan fingerprint density at radius 3 is 2.02 bits per heavy atom. The molecule has 0 saturated carbocycles. The van der Waals surface area contributed by atoms with E-state index in [0.29, 0.717) is 26.2 Å². The molecule has 0 spiro atoms. The zero-order valence-corrected chi connectivity index (χ0v) is 25.3. The Balaban J connectivity index is 0.000000191. The number of hydrogen-bond acceptors (Lipinski definition) is 4. The van der Waals surface area contributed by atoms with Gasteiger partial charge in [-0.1, -0.05) is 41.5 Å². The van der Waals surface area contributed by atoms with E-state index in [1.165, 1.54) is 28.7 Å². The Bertz CT molecular complexity index is 1110. The Labute approximate surface area is 240 Å². The van der Waals surface area contributed by atoms with Gasteiger partial charge in [-0.15, -0.1) is 0 Å². The number of carbonyl (C=O) groups excluding carboxylic acids is 1. The van der Waals surface area contributed by atoms with Crippen molar-refractivity contribution < 1.29 is 19.1 Å². The van der Waals surface area contributed by atoms with Gasteiger partial charge in [-0.25, -0.2) is 4.39 Å². The Kier molecular flexibility index (Phi) is 11.3. The molecule has 1 N–H and O–H groups in total. The summed E-state index contributed by atoms with van der Waals surface area (Å²) in [5.74, 6) is -0.496. The van der Waals surface area contributed by atoms with Gasteiger partial charge in [-0.2, -0.15) is 0 Å². The minimum atomic E-state index is -0.800. The van der Waals surface area contributed by atoms with E-state index < -0.39 is 5.97 Å². The van der Waals surface area contributed by atoms with Crippen molar-refractivity contribution in [1.29, 1.82) is 0 Å². The molecule has 5 rings (SSSR count). The number of benzene rings is 2. The van der Waals surface area contributed by atoms with Gasteiger partial charge < -0.3 is 10.0 Å². The van der Waals surface area contributed by atoms with Gasteiger partial charge in [0.2, 0.25) is 5.91 Å². The average molecular weight is 554 g/mol. The number of halogens is 1. The first-order valence-electron chi connectivity index (χ1n) is 14.6. The number of aryl methyl sites for hydroxylation is 5. The lowest BCUT2D eigenvalue weighted by atomic mass is 10.1. The van der Waals surface area contributed by atoms with Crippen LogP contribution in [-0.4, -0.2) is 83.0 Å². The van der Waals surface area contributed by atoms with Crippen molar-refractivity contribution in [2.75, 3.05) is 45.8 Å². The first-order chi connectivity index (χ1) is 18.8. The van der Waals surface area contributed by atoms with Crippen molar-refractivity contribution in [1.82, 2.24) is 14.7 Å². The van der Waals surface area contributed by atoms with E-state index in [9.17, 15) is 14.0 Å². The Hall–Kier alpha value is -2.77. The highest BCUT2D eigenvalue weighted by Gasteiger charge is 2.36. The van der Waals surface area contributed by atoms with Gasteiger partial charge in [0.15, 0.2) is 0 Å². The molecule has 1 amide bonds. The van der Waals surface area contributed by atoms with Crippen LogP contribution in [0.1, 0.15) is 61.4 Å². The maximum atomic E-state index is 13.0. The van der Waals surface area contributed by atoms with E-state index in [4.69, 9.17) is 5.11 Å². The molecule has 2 fully saturated rings. The van der Waals surface area contributed by atoms with Crippen LogP contribution >= 0.6 is 0 Å². The highest BCUT2D eigenvalue weighted by Crippen LogP contribution is 2.26. The van der Waals surface area contributed by atoms with Crippen LogP contribution in [0.25, 0.3) is 0 Å². The first-order valence-corrected chi connectivity index (χ1v) is 14.6. The van der Waals surface area contributed by atoms with Crippen molar-refractivity contribution in [3.05, 3.63) is 70.0 Å². The molecular weight excluding hydrogens is 505 g/mol. The van der Waals surface area contributed by atoms with Crippen molar-refractivity contribution in [2.24, 2.45) is 5.92 Å². The van der Waals surface area contributed by atoms with Gasteiger partial charge >= 0.3 is 5.97 Å². The summed E-state index contributed by atoms with van der Waals surface area (Å²) >= 11 is 0. The van der Waals surface area contributed by atoms with Crippen molar-refractivity contribution in [2.45, 2.75) is 72.8 Å². The molecule has 7 heteroatoms. The highest BCUT2D eigenvalue weighted by molar-refractivity contribution is 5.79. The molecule has 0 radical (unpaired) electrons. The summed E-state index contributed by atoms with van der Waals surface area (Å²) in [6, 6.07) is 12.1. The number of likely N-dealkylation sites (tertiary alicyclic amines) is 1. The normalized spacial score (nSPS) is 19.3. The fourth-order valence-electron chi connectivity index (χ4n) is 5.67. The molecule has 2 aromatic carbocycles. The van der Waals surface area contributed by atoms with E-state index in [1.54, 1.807) is 6.07 Å². The van der Waals surface area contributed by atoms with Crippen LogP contribution < -0.4 is 0 Å². The standard InChI is InChI=1S/C15H27N3O3.C10H11F.C8H10/c1-15(2,3)18-5-4-12(10-18)14(21)17-8-6-16(7-9-17)11-13(19)20;1-7-5-8-3-2-4-9(8)6-10(7)11;1-7-4-3-5-8(2)6-7/h12H,4-11H2,1-3H3,(H,19,20);5-6H,2-4H2,1H3;3-6H,1-2H3. The van der Waals surface area contributed by atoms with Gasteiger partial charge in [0.05, 0.1) is 12.5 Å². The molecule has 6 nitrogen and oxygen atoms in total. The van der Waals surface area contributed by atoms with Gasteiger partial charge in [0.1, 0.15) is 5.82 Å². The second-order valence-electron chi connectivity index (χ2n) is 12.5. The third-order valence-electron chi connectivity index (χ3n) is 8.08. The lowest BCUT2D eigenvalue weighted by molar-refractivity contribution is -0.140. The minimum Gasteiger partial charge on any atom is -0.480 e. The molecule has 220 valence electrons. The van der Waals surface area contributed by atoms with Crippen LogP contribution in [0.4, 0.5) is 4.39 Å². The topological polar surface area (TPSA) is 64.1 Å². The minimum absolute atomic E-state index is 0.0503. The molecule has 3 aliphatic rings. The molecule has 1 atom stereocenters. The van der Waals surface area contributed by atoms with Gasteiger partial charge in [-0.3, -0.25) is 19.4 Å². The van der Waals surface area contributed by atoms with E-state index >= 15 is 0 Å². The molecule has 2 aliphatic heterocycles. The summed E-state index contributed by atoms with van der Waals surface area (Å²) in [6.45, 7) is 17.1. The molecule has 1 unspecified atom stereocenters. The largest absolute Gasteiger partial charge is 0.480 e. The third-order valence-corrected chi connectivity index (χ3v) is 8.08. The fourth-order valence-corrected chi connectivity index (χ4v) is 5.67. The van der Waals surface area contributed by atoms with Crippen LogP contribution in [0.3, 0.4) is 0 Å². The van der Waals surface area contributed by atoms with Crippen molar-refractivity contribution in [3.63, 3.8) is 0 Å². The summed E-state index contributed by atoms with van der Waals surface area (Å²) < 4.78 is 13.0. The Morgan fingerprint density at radius 2 is 1.52 bits per heavy atom. The second kappa shape index (κ2) is 14.2. The van der Waals surface area contributed by atoms with Gasteiger partial charge in [0.25, 0.3) is 0 Å². The molecule has 2 heterocycles. The number of fused-ring (bicyclic) bond motifs is 1. The monoisotopic (exact) mass is 553 g/mol. The molecule has 2 aromatic rings. The number of nitrogens with zero attached hydrogens (tertiary/aromatic N) is 3. The van der Waals surface area contributed by atoms with Crippen LogP contribution in [0.15, 0.2) is 36.4 Å². The highest BCUT2D eigenvalue weighted by atomic mass is 19.1. The smallest absolute Gasteiger partial charge is 0.317 e. The molecule has 1 aliphatic carbocycles. The second-order valence-corrected chi connectivity index (χ2v) is 12.5. The number of carbonyl (C=O) groups is 2. The number of carboxylic acids is 1. The van der Waals surface area contributed by atoms with Crippen LogP contribution in [0, 0.1) is 32.5 Å². The maximum absolute atomic E-state index is 13.0. The van der Waals surface area contributed by atoms with Crippen LogP contribution in [0.2, 0.25) is 0 Å². The predicted molar refractivity (Wildman–Crippen MR) is 159 cm³/mol. The number of aliphatic carboxylic acids is 1. The predicted octanol–water partition coefficient (Wildman–Crippen LogP) is 5.26. The number of piperazine rings is 1. The zero-order valence-electron chi connectivity index (χ0n) is 25.3. The number of carboxylic acid groups (broad SMARTS) is 1. The summed E-state index contributed by atoms with van der Waals surface area (Å²) in [5, 5.41) is 8.79. The fraction of sp³-hybridized carbons (Fsp3) is 0.576. The number of rotatable bonds is 3. The lowest BCUT2D eigenvalue weighted by Gasteiger charge is -2.35. The quantitative estimate of drug-likeness (QED) is 0.562. The average Bonchev–Trinajstić information content (AvgIpc) is 3.55. The Morgan fingerprint density at radius 1 is 0.925 bits per heavy atom. The molecular formula is C33H48FN3O3. The zero-order chi connectivity index (χ0) is 29.4. The van der Waals surface area contributed by atoms with E-state index in [2.05, 4.69) is 63.8 Å². The third kappa shape index (κ3) is 9.41. The molecule has 2 saturated heterocycles. The molecule has 0 bridgehead atoms. The van der Waals surface area contributed by atoms with Crippen LogP contribution in [0.5, 0.6) is 0 Å². The summed E-state index contributed by atoms with van der Waals surface area (Å²) in [7, 11) is 0. The van der Waals surface area contributed by atoms with E-state index in [-0.39, 0.29) is 29.7 Å². The van der Waals surface area contributed by atoms with E-state index in [1.807, 2.05) is 22.8 Å². The number of hydrogen-bond donors (Lipinski definition) is 1. The SMILES string of the molecule is CC(C)(C)N1CCC(C(=O)N2CCN(CC(=O)O)CC2)C1.Cc1cc2c(cc1F)CCC2.Cc1cccc(C)c1. The van der Waals surface area contributed by atoms with Gasteiger partial charge in [0, 0.05) is 38.3 Å². The van der Waals surface area contributed by atoms with Crippen molar-refractivity contribution in [3.8, 4) is 0 Å².